The number of piperidine rings is 1. The van der Waals surface area contributed by atoms with E-state index in [0.29, 0.717) is 6.54 Å². The van der Waals surface area contributed by atoms with E-state index in [1.807, 2.05) is 12.1 Å². The summed E-state index contributed by atoms with van der Waals surface area (Å²) in [5.74, 6) is 1.21. The maximum absolute atomic E-state index is 12.0. The third kappa shape index (κ3) is 5.02. The van der Waals surface area contributed by atoms with E-state index in [1.165, 1.54) is 24.1 Å². The normalized spacial score (nSPS) is 20.7. The largest absolute Gasteiger partial charge is 0.347 e. The highest BCUT2D eigenvalue weighted by atomic mass is 16.2. The first-order valence-corrected chi connectivity index (χ1v) is 9.13. The van der Waals surface area contributed by atoms with Gasteiger partial charge in [-0.05, 0) is 35.4 Å². The number of amides is 1. The summed E-state index contributed by atoms with van der Waals surface area (Å²) >= 11 is 0. The number of nitrogens with zero attached hydrogens (tertiary/aromatic N) is 2. The van der Waals surface area contributed by atoms with Crippen molar-refractivity contribution in [1.82, 2.24) is 20.4 Å². The first-order chi connectivity index (χ1) is 12.5. The Kier molecular flexibility index (Phi) is 5.83. The molecule has 2 atom stereocenters. The van der Waals surface area contributed by atoms with Gasteiger partial charge in [0.2, 0.25) is 0 Å². The second-order valence-electron chi connectivity index (χ2n) is 7.45. The van der Waals surface area contributed by atoms with Crippen LogP contribution in [0.2, 0.25) is 0 Å². The summed E-state index contributed by atoms with van der Waals surface area (Å²) in [5.41, 5.74) is 2.21. The SMILES string of the molecule is CC1CC(C)CN(Cc2ccc(CNC(=O)c3ccc(=O)[nH]n3)cc2)C1. The van der Waals surface area contributed by atoms with Crippen molar-refractivity contribution in [1.29, 1.82) is 0 Å². The number of H-pyrrole nitrogens is 1. The zero-order valence-electron chi connectivity index (χ0n) is 15.4. The molecule has 1 fully saturated rings. The summed E-state index contributed by atoms with van der Waals surface area (Å²) in [5, 5.41) is 8.80. The molecule has 1 amide bonds. The van der Waals surface area contributed by atoms with Crippen molar-refractivity contribution < 1.29 is 4.79 Å². The molecule has 6 nitrogen and oxygen atoms in total. The van der Waals surface area contributed by atoms with Gasteiger partial charge in [-0.3, -0.25) is 14.5 Å². The minimum Gasteiger partial charge on any atom is -0.347 e. The maximum Gasteiger partial charge on any atom is 0.271 e. The summed E-state index contributed by atoms with van der Waals surface area (Å²) in [6.07, 6.45) is 1.32. The number of hydrogen-bond donors (Lipinski definition) is 2. The molecule has 2 N–H and O–H groups in total. The quantitative estimate of drug-likeness (QED) is 0.863. The predicted octanol–water partition coefficient (Wildman–Crippen LogP) is 2.18. The molecular weight excluding hydrogens is 328 g/mol. The lowest BCUT2D eigenvalue weighted by Gasteiger charge is -2.35. The predicted molar refractivity (Wildman–Crippen MR) is 101 cm³/mol. The summed E-state index contributed by atoms with van der Waals surface area (Å²) in [7, 11) is 0. The number of aromatic amines is 1. The molecule has 1 aromatic heterocycles. The summed E-state index contributed by atoms with van der Waals surface area (Å²) in [6.45, 7) is 8.38. The van der Waals surface area contributed by atoms with Gasteiger partial charge in [0.05, 0.1) is 0 Å². The van der Waals surface area contributed by atoms with Crippen LogP contribution in [-0.4, -0.2) is 34.1 Å². The molecule has 138 valence electrons. The van der Waals surface area contributed by atoms with Gasteiger partial charge in [-0.2, -0.15) is 5.10 Å². The van der Waals surface area contributed by atoms with Gasteiger partial charge in [0.25, 0.3) is 11.5 Å². The van der Waals surface area contributed by atoms with E-state index in [-0.39, 0.29) is 17.2 Å². The third-order valence-corrected chi connectivity index (χ3v) is 4.74. The van der Waals surface area contributed by atoms with Gasteiger partial charge in [0.1, 0.15) is 5.69 Å². The molecule has 0 aliphatic carbocycles. The Morgan fingerprint density at radius 1 is 1.12 bits per heavy atom. The maximum atomic E-state index is 12.0. The fourth-order valence-electron chi connectivity index (χ4n) is 3.69. The first-order valence-electron chi connectivity index (χ1n) is 9.13. The van der Waals surface area contributed by atoms with E-state index in [9.17, 15) is 9.59 Å². The Labute approximate surface area is 153 Å². The Morgan fingerprint density at radius 3 is 2.38 bits per heavy atom. The average Bonchev–Trinajstić information content (AvgIpc) is 2.60. The minimum atomic E-state index is -0.324. The number of carbonyl (C=O) groups excluding carboxylic acids is 1. The molecule has 0 spiro atoms. The molecule has 2 aromatic rings. The van der Waals surface area contributed by atoms with Gasteiger partial charge in [-0.1, -0.05) is 38.1 Å². The number of carbonyl (C=O) groups is 1. The number of hydrogen-bond acceptors (Lipinski definition) is 4. The van der Waals surface area contributed by atoms with E-state index in [1.54, 1.807) is 0 Å². The van der Waals surface area contributed by atoms with Crippen LogP contribution in [0.25, 0.3) is 0 Å². The van der Waals surface area contributed by atoms with Crippen LogP contribution in [0.3, 0.4) is 0 Å². The molecule has 6 heteroatoms. The van der Waals surface area contributed by atoms with Gasteiger partial charge in [0.15, 0.2) is 0 Å². The molecule has 2 heterocycles. The lowest BCUT2D eigenvalue weighted by atomic mass is 9.91. The van der Waals surface area contributed by atoms with Gasteiger partial charge in [-0.15, -0.1) is 0 Å². The molecule has 1 aliphatic rings. The van der Waals surface area contributed by atoms with Crippen molar-refractivity contribution in [2.45, 2.75) is 33.4 Å². The molecule has 26 heavy (non-hydrogen) atoms. The minimum absolute atomic E-state index is 0.203. The Hall–Kier alpha value is -2.47. The summed E-state index contributed by atoms with van der Waals surface area (Å²) in [6, 6.07) is 11.1. The van der Waals surface area contributed by atoms with E-state index in [2.05, 4.69) is 46.4 Å². The van der Waals surface area contributed by atoms with Crippen LogP contribution in [0.4, 0.5) is 0 Å². The van der Waals surface area contributed by atoms with Crippen molar-refractivity contribution in [3.05, 3.63) is 63.6 Å². The highest BCUT2D eigenvalue weighted by Gasteiger charge is 2.21. The molecule has 0 bridgehead atoms. The Bertz CT molecular complexity index is 770. The molecular formula is C20H26N4O2. The second-order valence-corrected chi connectivity index (χ2v) is 7.45. The smallest absolute Gasteiger partial charge is 0.271 e. The van der Waals surface area contributed by atoms with Crippen molar-refractivity contribution in [2.24, 2.45) is 11.8 Å². The zero-order valence-corrected chi connectivity index (χ0v) is 15.4. The number of benzene rings is 1. The molecule has 3 rings (SSSR count). The molecule has 1 saturated heterocycles. The summed E-state index contributed by atoms with van der Waals surface area (Å²) < 4.78 is 0. The highest BCUT2D eigenvalue weighted by molar-refractivity contribution is 5.91. The van der Waals surface area contributed by atoms with E-state index >= 15 is 0 Å². The fourth-order valence-corrected chi connectivity index (χ4v) is 3.69. The van der Waals surface area contributed by atoms with Crippen molar-refractivity contribution >= 4 is 5.91 Å². The van der Waals surface area contributed by atoms with Crippen LogP contribution >= 0.6 is 0 Å². The summed E-state index contributed by atoms with van der Waals surface area (Å²) in [4.78, 5) is 25.5. The standard InChI is InChI=1S/C20H26N4O2/c1-14-9-15(2)12-24(11-14)13-17-5-3-16(4-6-17)10-21-20(26)18-7-8-19(25)23-22-18/h3-8,14-15H,9-13H2,1-2H3,(H,21,26)(H,23,25). The Balaban J connectivity index is 1.52. The van der Waals surface area contributed by atoms with E-state index < -0.39 is 0 Å². The molecule has 1 aromatic carbocycles. The topological polar surface area (TPSA) is 78.1 Å². The van der Waals surface area contributed by atoms with Crippen LogP contribution in [0.5, 0.6) is 0 Å². The van der Waals surface area contributed by atoms with Crippen molar-refractivity contribution in [3.8, 4) is 0 Å². The van der Waals surface area contributed by atoms with Crippen molar-refractivity contribution in [3.63, 3.8) is 0 Å². The molecule has 0 radical (unpaired) electrons. The molecule has 0 saturated carbocycles. The van der Waals surface area contributed by atoms with Gasteiger partial charge < -0.3 is 5.32 Å². The monoisotopic (exact) mass is 354 g/mol. The van der Waals surface area contributed by atoms with Gasteiger partial charge >= 0.3 is 0 Å². The number of nitrogens with one attached hydrogen (secondary N) is 2. The molecule has 2 unspecified atom stereocenters. The lowest BCUT2D eigenvalue weighted by Crippen LogP contribution is -2.38. The number of aromatic nitrogens is 2. The van der Waals surface area contributed by atoms with Crippen LogP contribution in [0.1, 0.15) is 41.9 Å². The number of likely N-dealkylation sites (tertiary alicyclic amines) is 1. The van der Waals surface area contributed by atoms with Crippen LogP contribution < -0.4 is 10.9 Å². The van der Waals surface area contributed by atoms with Crippen LogP contribution in [0, 0.1) is 11.8 Å². The van der Waals surface area contributed by atoms with E-state index in [4.69, 9.17) is 0 Å². The highest BCUT2D eigenvalue weighted by Crippen LogP contribution is 2.22. The second kappa shape index (κ2) is 8.27. The Morgan fingerprint density at radius 2 is 1.77 bits per heavy atom. The zero-order chi connectivity index (χ0) is 18.5. The van der Waals surface area contributed by atoms with Crippen molar-refractivity contribution in [2.75, 3.05) is 13.1 Å². The van der Waals surface area contributed by atoms with E-state index in [0.717, 1.165) is 37.0 Å². The first kappa shape index (κ1) is 18.3. The van der Waals surface area contributed by atoms with Gasteiger partial charge in [0, 0.05) is 32.2 Å². The van der Waals surface area contributed by atoms with Crippen LogP contribution in [0.15, 0.2) is 41.2 Å². The van der Waals surface area contributed by atoms with Gasteiger partial charge in [-0.25, -0.2) is 5.10 Å². The molecule has 1 aliphatic heterocycles. The van der Waals surface area contributed by atoms with Crippen LogP contribution in [-0.2, 0) is 13.1 Å². The third-order valence-electron chi connectivity index (χ3n) is 4.74. The lowest BCUT2D eigenvalue weighted by molar-refractivity contribution is 0.0945. The average molecular weight is 354 g/mol. The number of rotatable bonds is 5. The fraction of sp³-hybridized carbons (Fsp3) is 0.450.